The quantitative estimate of drug-likeness (QED) is 0.875. The summed E-state index contributed by atoms with van der Waals surface area (Å²) in [5.74, 6) is -0.498. The van der Waals surface area contributed by atoms with Gasteiger partial charge in [0.1, 0.15) is 11.9 Å². The van der Waals surface area contributed by atoms with Gasteiger partial charge in [-0.1, -0.05) is 0 Å². The molecule has 0 spiro atoms. The monoisotopic (exact) mass is 235 g/mol. The topological polar surface area (TPSA) is 56.1 Å². The van der Waals surface area contributed by atoms with Crippen molar-refractivity contribution >= 4 is 11.7 Å². The Bertz CT molecular complexity index is 450. The van der Waals surface area contributed by atoms with Gasteiger partial charge in [-0.05, 0) is 32.0 Å². The van der Waals surface area contributed by atoms with Crippen LogP contribution in [0.5, 0.6) is 0 Å². The fourth-order valence-corrected chi connectivity index (χ4v) is 1.42. The van der Waals surface area contributed by atoms with Crippen LogP contribution in [0.1, 0.15) is 19.4 Å². The van der Waals surface area contributed by atoms with E-state index in [0.717, 1.165) is 6.07 Å². The highest BCUT2D eigenvalue weighted by Gasteiger charge is 2.12. The maximum Gasteiger partial charge on any atom is 0.321 e. The minimum Gasteiger partial charge on any atom is -0.325 e. The summed E-state index contributed by atoms with van der Waals surface area (Å²) in [6.45, 7) is 4.87. The van der Waals surface area contributed by atoms with E-state index in [-0.39, 0.29) is 11.6 Å². The van der Waals surface area contributed by atoms with Crippen molar-refractivity contribution in [3.63, 3.8) is 0 Å². The lowest BCUT2D eigenvalue weighted by atomic mass is 10.2. The molecular formula is C12H14FN3O. The molecule has 1 rings (SSSR count). The van der Waals surface area contributed by atoms with E-state index < -0.39 is 5.82 Å². The van der Waals surface area contributed by atoms with Gasteiger partial charge in [0.05, 0.1) is 11.3 Å². The van der Waals surface area contributed by atoms with Gasteiger partial charge in [-0.15, -0.1) is 0 Å². The summed E-state index contributed by atoms with van der Waals surface area (Å²) >= 11 is 0. The molecule has 0 saturated carbocycles. The van der Waals surface area contributed by atoms with Crippen molar-refractivity contribution in [3.8, 4) is 6.07 Å². The average Bonchev–Trinajstić information content (AvgIpc) is 2.33. The highest BCUT2D eigenvalue weighted by molar-refractivity contribution is 5.90. The van der Waals surface area contributed by atoms with Crippen molar-refractivity contribution in [2.75, 3.05) is 18.4 Å². The van der Waals surface area contributed by atoms with Crippen LogP contribution in [0, 0.1) is 17.1 Å². The maximum absolute atomic E-state index is 12.9. The number of halogens is 1. The predicted molar refractivity (Wildman–Crippen MR) is 63.1 cm³/mol. The molecule has 0 aromatic heterocycles. The summed E-state index contributed by atoms with van der Waals surface area (Å²) < 4.78 is 12.9. The number of benzene rings is 1. The van der Waals surface area contributed by atoms with E-state index in [1.54, 1.807) is 4.90 Å². The molecule has 1 N–H and O–H groups in total. The summed E-state index contributed by atoms with van der Waals surface area (Å²) in [4.78, 5) is 13.3. The first-order valence-corrected chi connectivity index (χ1v) is 5.38. The van der Waals surface area contributed by atoms with Crippen molar-refractivity contribution in [1.82, 2.24) is 4.90 Å². The van der Waals surface area contributed by atoms with Gasteiger partial charge >= 0.3 is 6.03 Å². The average molecular weight is 235 g/mol. The lowest BCUT2D eigenvalue weighted by molar-refractivity contribution is 0.217. The Balaban J connectivity index is 2.89. The van der Waals surface area contributed by atoms with Crippen LogP contribution in [0.25, 0.3) is 0 Å². The SMILES string of the molecule is CCN(CC)C(=O)Nc1ccc(F)cc1C#N. The van der Waals surface area contributed by atoms with Crippen LogP contribution >= 0.6 is 0 Å². The molecule has 5 heteroatoms. The zero-order chi connectivity index (χ0) is 12.8. The molecule has 90 valence electrons. The Kier molecular flexibility index (Phi) is 4.46. The predicted octanol–water partition coefficient (Wildman–Crippen LogP) is 2.57. The largest absolute Gasteiger partial charge is 0.325 e. The number of nitrogens with one attached hydrogen (secondary N) is 1. The first-order valence-electron chi connectivity index (χ1n) is 5.38. The molecule has 0 saturated heterocycles. The van der Waals surface area contributed by atoms with Crippen molar-refractivity contribution in [2.45, 2.75) is 13.8 Å². The van der Waals surface area contributed by atoms with Crippen LogP contribution in [0.4, 0.5) is 14.9 Å². The number of carbonyl (C=O) groups excluding carboxylic acids is 1. The van der Waals surface area contributed by atoms with Gasteiger partial charge in [-0.3, -0.25) is 0 Å². The third kappa shape index (κ3) is 3.18. The molecule has 2 amide bonds. The summed E-state index contributed by atoms with van der Waals surface area (Å²) in [6.07, 6.45) is 0. The molecule has 4 nitrogen and oxygen atoms in total. The second kappa shape index (κ2) is 5.85. The van der Waals surface area contributed by atoms with E-state index in [2.05, 4.69) is 5.32 Å². The second-order valence-electron chi connectivity index (χ2n) is 3.40. The van der Waals surface area contributed by atoms with E-state index in [1.165, 1.54) is 12.1 Å². The highest BCUT2D eigenvalue weighted by Crippen LogP contribution is 2.16. The van der Waals surface area contributed by atoms with E-state index in [9.17, 15) is 9.18 Å². The number of carbonyl (C=O) groups is 1. The molecule has 0 aliphatic rings. The lowest BCUT2D eigenvalue weighted by Gasteiger charge is -2.19. The van der Waals surface area contributed by atoms with Crippen LogP contribution in [-0.2, 0) is 0 Å². The Hall–Kier alpha value is -2.09. The highest BCUT2D eigenvalue weighted by atomic mass is 19.1. The zero-order valence-electron chi connectivity index (χ0n) is 9.83. The fraction of sp³-hybridized carbons (Fsp3) is 0.333. The van der Waals surface area contributed by atoms with Gasteiger partial charge in [0, 0.05) is 13.1 Å². The van der Waals surface area contributed by atoms with Crippen LogP contribution in [0.2, 0.25) is 0 Å². The molecule has 0 unspecified atom stereocenters. The van der Waals surface area contributed by atoms with Crippen molar-refractivity contribution in [1.29, 1.82) is 5.26 Å². The van der Waals surface area contributed by atoms with Gasteiger partial charge in [0.2, 0.25) is 0 Å². The van der Waals surface area contributed by atoms with Crippen LogP contribution in [-0.4, -0.2) is 24.0 Å². The standard InChI is InChI=1S/C12H14FN3O/c1-3-16(4-2)12(17)15-11-6-5-10(13)7-9(11)8-14/h5-7H,3-4H2,1-2H3,(H,15,17). The molecule has 0 heterocycles. The van der Waals surface area contributed by atoms with Crippen molar-refractivity contribution in [3.05, 3.63) is 29.6 Å². The number of nitrogens with zero attached hydrogens (tertiary/aromatic N) is 2. The van der Waals surface area contributed by atoms with Gasteiger partial charge in [0.25, 0.3) is 0 Å². The number of nitriles is 1. The van der Waals surface area contributed by atoms with Gasteiger partial charge in [-0.2, -0.15) is 5.26 Å². The first kappa shape index (κ1) is 13.0. The molecule has 1 aromatic rings. The van der Waals surface area contributed by atoms with E-state index in [0.29, 0.717) is 18.8 Å². The molecular weight excluding hydrogens is 221 g/mol. The third-order valence-corrected chi connectivity index (χ3v) is 2.39. The number of hydrogen-bond donors (Lipinski definition) is 1. The summed E-state index contributed by atoms with van der Waals surface area (Å²) in [7, 11) is 0. The first-order chi connectivity index (χ1) is 8.12. The molecule has 0 radical (unpaired) electrons. The second-order valence-corrected chi connectivity index (χ2v) is 3.40. The Morgan fingerprint density at radius 3 is 2.65 bits per heavy atom. The smallest absolute Gasteiger partial charge is 0.321 e. The van der Waals surface area contributed by atoms with Crippen molar-refractivity contribution in [2.24, 2.45) is 0 Å². The molecule has 17 heavy (non-hydrogen) atoms. The summed E-state index contributed by atoms with van der Waals surface area (Å²) in [5, 5.41) is 11.4. The molecule has 0 aliphatic heterocycles. The van der Waals surface area contributed by atoms with E-state index in [1.807, 2.05) is 19.9 Å². The van der Waals surface area contributed by atoms with E-state index in [4.69, 9.17) is 5.26 Å². The van der Waals surface area contributed by atoms with E-state index >= 15 is 0 Å². The van der Waals surface area contributed by atoms with Gasteiger partial charge in [-0.25, -0.2) is 9.18 Å². The van der Waals surface area contributed by atoms with Gasteiger partial charge in [0.15, 0.2) is 0 Å². The van der Waals surface area contributed by atoms with Gasteiger partial charge < -0.3 is 10.2 Å². The normalized spacial score (nSPS) is 9.53. The minimum atomic E-state index is -0.498. The lowest BCUT2D eigenvalue weighted by Crippen LogP contribution is -2.34. The fourth-order valence-electron chi connectivity index (χ4n) is 1.42. The molecule has 0 atom stereocenters. The Morgan fingerprint density at radius 1 is 1.47 bits per heavy atom. The number of rotatable bonds is 3. The number of anilines is 1. The molecule has 1 aromatic carbocycles. The Labute approximate surface area is 99.7 Å². The molecule has 0 aliphatic carbocycles. The number of hydrogen-bond acceptors (Lipinski definition) is 2. The molecule has 0 fully saturated rings. The maximum atomic E-state index is 12.9. The molecule has 0 bridgehead atoms. The third-order valence-electron chi connectivity index (χ3n) is 2.39. The van der Waals surface area contributed by atoms with Crippen LogP contribution in [0.15, 0.2) is 18.2 Å². The zero-order valence-corrected chi connectivity index (χ0v) is 9.83. The minimum absolute atomic E-state index is 0.116. The van der Waals surface area contributed by atoms with Crippen molar-refractivity contribution < 1.29 is 9.18 Å². The van der Waals surface area contributed by atoms with Crippen LogP contribution in [0.3, 0.4) is 0 Å². The Morgan fingerprint density at radius 2 is 2.12 bits per heavy atom. The number of urea groups is 1. The van der Waals surface area contributed by atoms with Crippen LogP contribution < -0.4 is 5.32 Å². The summed E-state index contributed by atoms with van der Waals surface area (Å²) in [6, 6.07) is 5.24. The summed E-state index contributed by atoms with van der Waals surface area (Å²) in [5.41, 5.74) is 0.441. The number of amides is 2.